The first-order valence-electron chi connectivity index (χ1n) is 8.08. The maximum atomic E-state index is 14.6. The average molecular weight is 329 g/mol. The SMILES string of the molecule is COc1cccc(F)c1[C@@H](C1CCCC1)N1CCNCC1.Cl. The summed E-state index contributed by atoms with van der Waals surface area (Å²) >= 11 is 0. The van der Waals surface area contributed by atoms with Gasteiger partial charge in [-0.3, -0.25) is 4.90 Å². The molecule has 2 fully saturated rings. The number of ether oxygens (including phenoxy) is 1. The molecule has 0 radical (unpaired) electrons. The molecule has 0 aromatic heterocycles. The molecule has 1 aromatic rings. The molecule has 5 heteroatoms. The fourth-order valence-electron chi connectivity index (χ4n) is 3.93. The second-order valence-corrected chi connectivity index (χ2v) is 6.13. The maximum Gasteiger partial charge on any atom is 0.131 e. The third kappa shape index (κ3) is 3.55. The number of methoxy groups -OCH3 is 1. The Morgan fingerprint density at radius 3 is 2.55 bits per heavy atom. The first-order chi connectivity index (χ1) is 10.3. The summed E-state index contributed by atoms with van der Waals surface area (Å²) in [6.45, 7) is 3.94. The van der Waals surface area contributed by atoms with E-state index in [2.05, 4.69) is 10.2 Å². The lowest BCUT2D eigenvalue weighted by Gasteiger charge is -2.39. The molecule has 0 bridgehead atoms. The molecular formula is C17H26ClFN2O. The van der Waals surface area contributed by atoms with Crippen LogP contribution in [0.15, 0.2) is 18.2 Å². The summed E-state index contributed by atoms with van der Waals surface area (Å²) in [6, 6.07) is 5.36. The molecule has 0 spiro atoms. The minimum absolute atomic E-state index is 0. The molecule has 0 unspecified atom stereocenters. The van der Waals surface area contributed by atoms with Crippen molar-refractivity contribution in [2.24, 2.45) is 5.92 Å². The van der Waals surface area contributed by atoms with E-state index in [0.717, 1.165) is 31.7 Å². The Kier molecular flexibility index (Phi) is 6.48. The number of nitrogens with one attached hydrogen (secondary N) is 1. The zero-order valence-electron chi connectivity index (χ0n) is 13.2. The lowest BCUT2D eigenvalue weighted by molar-refractivity contribution is 0.120. The normalized spacial score (nSPS) is 21.4. The lowest BCUT2D eigenvalue weighted by Crippen LogP contribution is -2.47. The van der Waals surface area contributed by atoms with Gasteiger partial charge in [-0.15, -0.1) is 12.4 Å². The minimum Gasteiger partial charge on any atom is -0.496 e. The van der Waals surface area contributed by atoms with Crippen molar-refractivity contribution in [3.05, 3.63) is 29.6 Å². The van der Waals surface area contributed by atoms with Crippen molar-refractivity contribution in [1.29, 1.82) is 0 Å². The Labute approximate surface area is 138 Å². The highest BCUT2D eigenvalue weighted by Gasteiger charge is 2.35. The van der Waals surface area contributed by atoms with Gasteiger partial charge in [-0.2, -0.15) is 0 Å². The molecule has 124 valence electrons. The number of piperazine rings is 1. The summed E-state index contributed by atoms with van der Waals surface area (Å²) in [7, 11) is 1.64. The summed E-state index contributed by atoms with van der Waals surface area (Å²) in [6.07, 6.45) is 4.94. The molecule has 1 saturated heterocycles. The van der Waals surface area contributed by atoms with Gasteiger partial charge >= 0.3 is 0 Å². The fourth-order valence-corrected chi connectivity index (χ4v) is 3.93. The van der Waals surface area contributed by atoms with Gasteiger partial charge in [0, 0.05) is 37.8 Å². The number of rotatable bonds is 4. The quantitative estimate of drug-likeness (QED) is 0.917. The van der Waals surface area contributed by atoms with Crippen LogP contribution >= 0.6 is 12.4 Å². The van der Waals surface area contributed by atoms with E-state index in [-0.39, 0.29) is 24.3 Å². The zero-order chi connectivity index (χ0) is 14.7. The van der Waals surface area contributed by atoms with Crippen molar-refractivity contribution in [1.82, 2.24) is 10.2 Å². The Morgan fingerprint density at radius 1 is 1.23 bits per heavy atom. The predicted molar refractivity (Wildman–Crippen MR) is 89.3 cm³/mol. The molecule has 3 rings (SSSR count). The number of hydrogen-bond acceptors (Lipinski definition) is 3. The van der Waals surface area contributed by atoms with Crippen LogP contribution in [0.4, 0.5) is 4.39 Å². The number of benzene rings is 1. The van der Waals surface area contributed by atoms with Gasteiger partial charge in [-0.25, -0.2) is 4.39 Å². The van der Waals surface area contributed by atoms with Crippen molar-refractivity contribution in [2.75, 3.05) is 33.3 Å². The van der Waals surface area contributed by atoms with Crippen LogP contribution in [0.1, 0.15) is 37.3 Å². The second kappa shape index (κ2) is 8.14. The Balaban J connectivity index is 0.00000176. The highest BCUT2D eigenvalue weighted by molar-refractivity contribution is 5.85. The molecule has 1 saturated carbocycles. The molecule has 1 atom stereocenters. The minimum atomic E-state index is -0.121. The molecule has 1 N–H and O–H groups in total. The summed E-state index contributed by atoms with van der Waals surface area (Å²) in [4.78, 5) is 2.45. The van der Waals surface area contributed by atoms with Crippen LogP contribution < -0.4 is 10.1 Å². The molecule has 3 nitrogen and oxygen atoms in total. The third-order valence-electron chi connectivity index (χ3n) is 4.92. The van der Waals surface area contributed by atoms with E-state index >= 15 is 0 Å². The number of nitrogens with zero attached hydrogens (tertiary/aromatic N) is 1. The van der Waals surface area contributed by atoms with Gasteiger partial charge in [0.1, 0.15) is 11.6 Å². The van der Waals surface area contributed by atoms with E-state index in [1.54, 1.807) is 19.2 Å². The summed E-state index contributed by atoms with van der Waals surface area (Å²) in [5.74, 6) is 1.13. The van der Waals surface area contributed by atoms with Crippen LogP contribution in [0.2, 0.25) is 0 Å². The van der Waals surface area contributed by atoms with E-state index in [1.165, 1.54) is 25.7 Å². The van der Waals surface area contributed by atoms with Crippen molar-refractivity contribution in [2.45, 2.75) is 31.7 Å². The first kappa shape index (κ1) is 17.5. The maximum absolute atomic E-state index is 14.6. The van der Waals surface area contributed by atoms with Gasteiger partial charge in [0.25, 0.3) is 0 Å². The summed E-state index contributed by atoms with van der Waals surface area (Å²) in [5.41, 5.74) is 0.772. The Hall–Kier alpha value is -0.840. The van der Waals surface area contributed by atoms with Crippen LogP contribution in [-0.2, 0) is 0 Å². The van der Waals surface area contributed by atoms with Gasteiger partial charge in [-0.1, -0.05) is 18.9 Å². The fraction of sp³-hybridized carbons (Fsp3) is 0.647. The van der Waals surface area contributed by atoms with E-state index < -0.39 is 0 Å². The summed E-state index contributed by atoms with van der Waals surface area (Å²) < 4.78 is 20.0. The molecule has 1 aliphatic heterocycles. The van der Waals surface area contributed by atoms with Gasteiger partial charge < -0.3 is 10.1 Å². The Bertz CT molecular complexity index is 474. The molecule has 1 aliphatic carbocycles. The van der Waals surface area contributed by atoms with Crippen LogP contribution in [0.5, 0.6) is 5.75 Å². The van der Waals surface area contributed by atoms with Crippen LogP contribution in [0.3, 0.4) is 0 Å². The molecule has 1 aromatic carbocycles. The standard InChI is InChI=1S/C17H25FN2O.ClH/c1-21-15-8-4-7-14(18)16(15)17(13-5-2-3-6-13)20-11-9-19-10-12-20;/h4,7-8,13,17,19H,2-3,5-6,9-12H2,1H3;1H/t17-;/m1./s1. The third-order valence-corrected chi connectivity index (χ3v) is 4.92. The Morgan fingerprint density at radius 2 is 1.91 bits per heavy atom. The van der Waals surface area contributed by atoms with Gasteiger partial charge in [0.05, 0.1) is 7.11 Å². The smallest absolute Gasteiger partial charge is 0.131 e. The lowest BCUT2D eigenvalue weighted by atomic mass is 9.88. The second-order valence-electron chi connectivity index (χ2n) is 6.13. The predicted octanol–water partition coefficient (Wildman–Crippen LogP) is 3.39. The highest BCUT2D eigenvalue weighted by atomic mass is 35.5. The zero-order valence-corrected chi connectivity index (χ0v) is 14.0. The van der Waals surface area contributed by atoms with Crippen molar-refractivity contribution < 1.29 is 9.13 Å². The van der Waals surface area contributed by atoms with Gasteiger partial charge in [-0.05, 0) is 30.9 Å². The van der Waals surface area contributed by atoms with E-state index in [9.17, 15) is 4.39 Å². The number of halogens is 2. The molecule has 22 heavy (non-hydrogen) atoms. The largest absolute Gasteiger partial charge is 0.496 e. The van der Waals surface area contributed by atoms with E-state index in [4.69, 9.17) is 4.74 Å². The van der Waals surface area contributed by atoms with Crippen molar-refractivity contribution in [3.8, 4) is 5.75 Å². The monoisotopic (exact) mass is 328 g/mol. The van der Waals surface area contributed by atoms with Gasteiger partial charge in [0.2, 0.25) is 0 Å². The highest BCUT2D eigenvalue weighted by Crippen LogP contribution is 2.43. The van der Waals surface area contributed by atoms with E-state index in [0.29, 0.717) is 11.7 Å². The number of hydrogen-bond donors (Lipinski definition) is 1. The van der Waals surface area contributed by atoms with Gasteiger partial charge in [0.15, 0.2) is 0 Å². The van der Waals surface area contributed by atoms with Crippen LogP contribution in [0, 0.1) is 11.7 Å². The van der Waals surface area contributed by atoms with E-state index in [1.807, 2.05) is 6.07 Å². The molecule has 2 aliphatic rings. The summed E-state index contributed by atoms with van der Waals surface area (Å²) in [5, 5.41) is 3.39. The molecule has 0 amide bonds. The van der Waals surface area contributed by atoms with Crippen molar-refractivity contribution >= 4 is 12.4 Å². The topological polar surface area (TPSA) is 24.5 Å². The van der Waals surface area contributed by atoms with Crippen molar-refractivity contribution in [3.63, 3.8) is 0 Å². The molecule has 1 heterocycles. The van der Waals surface area contributed by atoms with Crippen LogP contribution in [-0.4, -0.2) is 38.2 Å². The average Bonchev–Trinajstić information content (AvgIpc) is 3.04. The molecular weight excluding hydrogens is 303 g/mol. The first-order valence-corrected chi connectivity index (χ1v) is 8.08. The van der Waals surface area contributed by atoms with Crippen LogP contribution in [0.25, 0.3) is 0 Å².